The van der Waals surface area contributed by atoms with Crippen molar-refractivity contribution in [1.29, 1.82) is 0 Å². The highest BCUT2D eigenvalue weighted by atomic mass is 35.5. The molecule has 3 aromatic carbocycles. The summed E-state index contributed by atoms with van der Waals surface area (Å²) in [6.45, 7) is 2.39. The van der Waals surface area contributed by atoms with Gasteiger partial charge in [-0.3, -0.25) is 4.90 Å². The highest BCUT2D eigenvalue weighted by molar-refractivity contribution is 7.89. The van der Waals surface area contributed by atoms with E-state index in [1.54, 1.807) is 31.3 Å². The number of sulfonamides is 1. The first kappa shape index (κ1) is 21.1. The fourth-order valence-electron chi connectivity index (χ4n) is 3.95. The molecule has 6 heteroatoms. The van der Waals surface area contributed by atoms with Crippen molar-refractivity contribution < 1.29 is 8.42 Å². The molecule has 1 aliphatic rings. The van der Waals surface area contributed by atoms with Crippen LogP contribution >= 0.6 is 11.6 Å². The van der Waals surface area contributed by atoms with Gasteiger partial charge in [0.25, 0.3) is 0 Å². The number of likely N-dealkylation sites (tertiary alicyclic amines) is 1. The molecule has 1 fully saturated rings. The molecule has 0 bridgehead atoms. The Balaban J connectivity index is 1.40. The molecule has 30 heavy (non-hydrogen) atoms. The molecule has 1 unspecified atom stereocenters. The second-order valence-corrected chi connectivity index (χ2v) is 10.1. The first-order valence-electron chi connectivity index (χ1n) is 10.0. The first-order valence-corrected chi connectivity index (χ1v) is 11.9. The lowest BCUT2D eigenvalue weighted by Gasteiger charge is -2.25. The molecule has 0 aromatic heterocycles. The number of nitrogens with zero attached hydrogens (tertiary/aromatic N) is 2. The zero-order valence-corrected chi connectivity index (χ0v) is 18.5. The average Bonchev–Trinajstić information content (AvgIpc) is 3.23. The minimum atomic E-state index is -3.61. The molecule has 1 heterocycles. The summed E-state index contributed by atoms with van der Waals surface area (Å²) in [5.41, 5.74) is 3.63. The van der Waals surface area contributed by atoms with Crippen LogP contribution in [0.4, 0.5) is 0 Å². The summed E-state index contributed by atoms with van der Waals surface area (Å²) < 4.78 is 27.5. The van der Waals surface area contributed by atoms with Crippen LogP contribution in [-0.4, -0.2) is 43.8 Å². The number of benzene rings is 3. The predicted molar refractivity (Wildman–Crippen MR) is 122 cm³/mol. The van der Waals surface area contributed by atoms with E-state index in [0.29, 0.717) is 6.54 Å². The maximum Gasteiger partial charge on any atom is 0.244 e. The highest BCUT2D eigenvalue weighted by Crippen LogP contribution is 2.28. The van der Waals surface area contributed by atoms with Crippen molar-refractivity contribution in [2.45, 2.75) is 23.9 Å². The van der Waals surface area contributed by atoms with Crippen molar-refractivity contribution in [3.63, 3.8) is 0 Å². The van der Waals surface area contributed by atoms with E-state index in [2.05, 4.69) is 41.3 Å². The van der Waals surface area contributed by atoms with Crippen molar-refractivity contribution in [2.75, 3.05) is 20.1 Å². The summed E-state index contributed by atoms with van der Waals surface area (Å²) in [5.74, 6) is 0. The molecule has 0 amide bonds. The second kappa shape index (κ2) is 8.90. The first-order chi connectivity index (χ1) is 14.4. The summed E-state index contributed by atoms with van der Waals surface area (Å²) in [4.78, 5) is 2.48. The smallest absolute Gasteiger partial charge is 0.244 e. The Morgan fingerprint density at radius 3 is 2.27 bits per heavy atom. The van der Waals surface area contributed by atoms with Crippen LogP contribution in [0.3, 0.4) is 0 Å². The van der Waals surface area contributed by atoms with Crippen LogP contribution in [0.15, 0.2) is 83.8 Å². The molecule has 4 rings (SSSR count). The molecule has 0 saturated carbocycles. The Kier molecular flexibility index (Phi) is 6.25. The van der Waals surface area contributed by atoms with Crippen molar-refractivity contribution in [3.05, 3.63) is 89.4 Å². The molecule has 1 saturated heterocycles. The van der Waals surface area contributed by atoms with E-state index in [1.165, 1.54) is 21.0 Å². The molecule has 4 nitrogen and oxygen atoms in total. The maximum absolute atomic E-state index is 13.0. The number of hydrogen-bond donors (Lipinski definition) is 0. The Hall–Kier alpha value is -2.18. The van der Waals surface area contributed by atoms with Crippen molar-refractivity contribution in [2.24, 2.45) is 0 Å². The summed E-state index contributed by atoms with van der Waals surface area (Å²) in [7, 11) is -1.96. The summed E-state index contributed by atoms with van der Waals surface area (Å²) in [6, 6.07) is 25.5. The molecule has 0 N–H and O–H groups in total. The topological polar surface area (TPSA) is 40.6 Å². The third kappa shape index (κ3) is 4.44. The van der Waals surface area contributed by atoms with Crippen LogP contribution in [0, 0.1) is 0 Å². The minimum absolute atomic E-state index is 0.0603. The summed E-state index contributed by atoms with van der Waals surface area (Å²) in [6.07, 6.45) is 0.808. The molecule has 0 spiro atoms. The Morgan fingerprint density at radius 1 is 0.933 bits per heavy atom. The molecule has 1 atom stereocenters. The minimum Gasteiger partial charge on any atom is -0.297 e. The lowest BCUT2D eigenvalue weighted by Crippen LogP contribution is -2.39. The summed E-state index contributed by atoms with van der Waals surface area (Å²) >= 11 is 6.14. The van der Waals surface area contributed by atoms with Gasteiger partial charge < -0.3 is 0 Å². The van der Waals surface area contributed by atoms with Gasteiger partial charge in [-0.2, -0.15) is 4.31 Å². The van der Waals surface area contributed by atoms with Crippen LogP contribution in [0.5, 0.6) is 0 Å². The largest absolute Gasteiger partial charge is 0.297 e. The van der Waals surface area contributed by atoms with Gasteiger partial charge in [0.05, 0.1) is 5.02 Å². The van der Waals surface area contributed by atoms with Gasteiger partial charge in [0.15, 0.2) is 0 Å². The molecular weight excluding hydrogens is 416 g/mol. The number of halogens is 1. The van der Waals surface area contributed by atoms with Crippen LogP contribution in [0.25, 0.3) is 11.1 Å². The highest BCUT2D eigenvalue weighted by Gasteiger charge is 2.34. The summed E-state index contributed by atoms with van der Waals surface area (Å²) in [5, 5.41) is 0.262. The standard InChI is InChI=1S/C24H25ClN2O2S/c1-26(30(28,29)24-10-6-5-9-23(24)25)22-15-16-27(18-22)17-19-11-13-21(14-12-19)20-7-3-2-4-8-20/h2-14,22H,15-18H2,1H3. The lowest BCUT2D eigenvalue weighted by atomic mass is 10.0. The number of hydrogen-bond acceptors (Lipinski definition) is 3. The molecule has 0 radical (unpaired) electrons. The normalized spacial score (nSPS) is 17.5. The molecule has 156 valence electrons. The van der Waals surface area contributed by atoms with Gasteiger partial charge in [-0.1, -0.05) is 78.3 Å². The van der Waals surface area contributed by atoms with Gasteiger partial charge in [0.1, 0.15) is 4.90 Å². The van der Waals surface area contributed by atoms with E-state index in [1.807, 2.05) is 18.2 Å². The maximum atomic E-state index is 13.0. The average molecular weight is 441 g/mol. The van der Waals surface area contributed by atoms with Gasteiger partial charge in [0.2, 0.25) is 10.0 Å². The van der Waals surface area contributed by atoms with Gasteiger partial charge in [-0.25, -0.2) is 8.42 Å². The number of likely N-dealkylation sites (N-methyl/N-ethyl adjacent to an activating group) is 1. The zero-order valence-electron chi connectivity index (χ0n) is 16.9. The van der Waals surface area contributed by atoms with Crippen LogP contribution in [-0.2, 0) is 16.6 Å². The SMILES string of the molecule is CN(C1CCN(Cc2ccc(-c3ccccc3)cc2)C1)S(=O)(=O)c1ccccc1Cl. The van der Waals surface area contributed by atoms with Gasteiger partial charge in [-0.15, -0.1) is 0 Å². The van der Waals surface area contributed by atoms with Gasteiger partial charge >= 0.3 is 0 Å². The van der Waals surface area contributed by atoms with Gasteiger partial charge in [-0.05, 0) is 35.2 Å². The third-order valence-corrected chi connectivity index (χ3v) is 8.13. The quantitative estimate of drug-likeness (QED) is 0.547. The molecule has 0 aliphatic carbocycles. The van der Waals surface area contributed by atoms with Crippen LogP contribution in [0.1, 0.15) is 12.0 Å². The zero-order chi connectivity index (χ0) is 21.1. The van der Waals surface area contributed by atoms with E-state index in [0.717, 1.165) is 19.5 Å². The van der Waals surface area contributed by atoms with E-state index in [4.69, 9.17) is 11.6 Å². The van der Waals surface area contributed by atoms with Crippen molar-refractivity contribution in [1.82, 2.24) is 9.21 Å². The fraction of sp³-hybridized carbons (Fsp3) is 0.250. The molecule has 3 aromatic rings. The Labute approximate surface area is 183 Å². The van der Waals surface area contributed by atoms with E-state index in [-0.39, 0.29) is 16.0 Å². The fourth-order valence-corrected chi connectivity index (χ4v) is 5.82. The van der Waals surface area contributed by atoms with E-state index in [9.17, 15) is 8.42 Å². The predicted octanol–water partition coefficient (Wildman–Crippen LogP) is 4.90. The van der Waals surface area contributed by atoms with E-state index < -0.39 is 10.0 Å². The molecule has 1 aliphatic heterocycles. The number of rotatable bonds is 6. The second-order valence-electron chi connectivity index (χ2n) is 7.69. The van der Waals surface area contributed by atoms with Crippen LogP contribution < -0.4 is 0 Å². The van der Waals surface area contributed by atoms with Gasteiger partial charge in [0, 0.05) is 32.7 Å². The van der Waals surface area contributed by atoms with Crippen molar-refractivity contribution in [3.8, 4) is 11.1 Å². The monoisotopic (exact) mass is 440 g/mol. The molecular formula is C24H25ClN2O2S. The van der Waals surface area contributed by atoms with Crippen molar-refractivity contribution >= 4 is 21.6 Å². The van der Waals surface area contributed by atoms with E-state index >= 15 is 0 Å². The Bertz CT molecular complexity index is 1100. The Morgan fingerprint density at radius 2 is 1.57 bits per heavy atom. The lowest BCUT2D eigenvalue weighted by molar-refractivity contribution is 0.298. The van der Waals surface area contributed by atoms with Crippen LogP contribution in [0.2, 0.25) is 5.02 Å². The third-order valence-electron chi connectivity index (χ3n) is 5.72.